The van der Waals surface area contributed by atoms with Crippen molar-refractivity contribution in [2.75, 3.05) is 18.4 Å². The lowest BCUT2D eigenvalue weighted by molar-refractivity contribution is -0.125. The standard InChI is InChI=1S/C20H24N4O/c1-14-7-8-18-16(11-14)12-17(13-21)19(24-18)22-9-10-23-20(25)15-5-3-2-4-6-15/h7-8,11-12,15H,2-6,9-10H2,1H3,(H,22,24)(H,23,25). The van der Waals surface area contributed by atoms with Gasteiger partial charge in [0, 0.05) is 24.4 Å². The van der Waals surface area contributed by atoms with Crippen molar-refractivity contribution in [1.82, 2.24) is 10.3 Å². The van der Waals surface area contributed by atoms with E-state index in [0.717, 1.165) is 42.1 Å². The van der Waals surface area contributed by atoms with E-state index in [1.54, 1.807) is 0 Å². The first-order chi connectivity index (χ1) is 12.2. The highest BCUT2D eigenvalue weighted by Crippen LogP contribution is 2.23. The van der Waals surface area contributed by atoms with Gasteiger partial charge in [-0.3, -0.25) is 4.79 Å². The minimum Gasteiger partial charge on any atom is -0.367 e. The van der Waals surface area contributed by atoms with E-state index in [9.17, 15) is 10.1 Å². The predicted molar refractivity (Wildman–Crippen MR) is 99.3 cm³/mol. The summed E-state index contributed by atoms with van der Waals surface area (Å²) in [6, 6.07) is 10.1. The molecule has 0 saturated heterocycles. The molecule has 5 heteroatoms. The molecule has 2 N–H and O–H groups in total. The van der Waals surface area contributed by atoms with E-state index >= 15 is 0 Å². The first kappa shape index (κ1) is 17.2. The molecule has 1 aliphatic rings. The highest BCUT2D eigenvalue weighted by molar-refractivity contribution is 5.83. The summed E-state index contributed by atoms with van der Waals surface area (Å²) in [5, 5.41) is 16.5. The second-order valence-electron chi connectivity index (χ2n) is 6.75. The zero-order valence-electron chi connectivity index (χ0n) is 14.6. The highest BCUT2D eigenvalue weighted by atomic mass is 16.1. The van der Waals surface area contributed by atoms with E-state index in [0.29, 0.717) is 24.5 Å². The van der Waals surface area contributed by atoms with Crippen LogP contribution in [-0.2, 0) is 4.79 Å². The Morgan fingerprint density at radius 2 is 2.04 bits per heavy atom. The molecule has 1 saturated carbocycles. The summed E-state index contributed by atoms with van der Waals surface area (Å²) in [6.45, 7) is 3.11. The molecule has 1 aromatic heterocycles. The number of aromatic nitrogens is 1. The summed E-state index contributed by atoms with van der Waals surface area (Å²) in [6.07, 6.45) is 5.56. The second-order valence-corrected chi connectivity index (χ2v) is 6.75. The SMILES string of the molecule is Cc1ccc2nc(NCCNC(=O)C3CCCCC3)c(C#N)cc2c1. The molecule has 0 atom stereocenters. The molecule has 130 valence electrons. The van der Waals surface area contributed by atoms with E-state index in [-0.39, 0.29) is 11.8 Å². The van der Waals surface area contributed by atoms with Crippen LogP contribution in [0.5, 0.6) is 0 Å². The number of carbonyl (C=O) groups is 1. The number of hydrogen-bond donors (Lipinski definition) is 2. The molecular weight excluding hydrogens is 312 g/mol. The maximum atomic E-state index is 12.1. The molecule has 1 aromatic carbocycles. The normalized spacial score (nSPS) is 14.9. The molecule has 3 rings (SSSR count). The summed E-state index contributed by atoms with van der Waals surface area (Å²) >= 11 is 0. The number of pyridine rings is 1. The van der Waals surface area contributed by atoms with Crippen LogP contribution in [0.25, 0.3) is 10.9 Å². The number of hydrogen-bond acceptors (Lipinski definition) is 4. The van der Waals surface area contributed by atoms with E-state index < -0.39 is 0 Å². The fourth-order valence-electron chi connectivity index (χ4n) is 3.39. The van der Waals surface area contributed by atoms with Crippen molar-refractivity contribution < 1.29 is 4.79 Å². The van der Waals surface area contributed by atoms with Gasteiger partial charge in [-0.25, -0.2) is 4.98 Å². The van der Waals surface area contributed by atoms with Crippen LogP contribution in [0.2, 0.25) is 0 Å². The molecule has 0 spiro atoms. The molecule has 0 radical (unpaired) electrons. The van der Waals surface area contributed by atoms with Crippen LogP contribution in [0.4, 0.5) is 5.82 Å². The van der Waals surface area contributed by atoms with Gasteiger partial charge >= 0.3 is 0 Å². The Morgan fingerprint density at radius 1 is 1.24 bits per heavy atom. The number of amides is 1. The number of benzene rings is 1. The average molecular weight is 336 g/mol. The number of nitrogens with zero attached hydrogens (tertiary/aromatic N) is 2. The minimum absolute atomic E-state index is 0.156. The van der Waals surface area contributed by atoms with Gasteiger partial charge in [0.25, 0.3) is 0 Å². The lowest BCUT2D eigenvalue weighted by atomic mass is 9.89. The summed E-state index contributed by atoms with van der Waals surface area (Å²) in [4.78, 5) is 16.7. The van der Waals surface area contributed by atoms with Crippen LogP contribution in [0.15, 0.2) is 24.3 Å². The van der Waals surface area contributed by atoms with Crippen molar-refractivity contribution in [3.63, 3.8) is 0 Å². The van der Waals surface area contributed by atoms with Crippen molar-refractivity contribution in [1.29, 1.82) is 5.26 Å². The van der Waals surface area contributed by atoms with E-state index in [1.807, 2.05) is 31.2 Å². The number of carbonyl (C=O) groups excluding carboxylic acids is 1. The predicted octanol–water partition coefficient (Wildman–Crippen LogP) is 3.52. The van der Waals surface area contributed by atoms with Gasteiger partial charge in [0.15, 0.2) is 0 Å². The van der Waals surface area contributed by atoms with Gasteiger partial charge in [0.2, 0.25) is 5.91 Å². The van der Waals surface area contributed by atoms with Crippen LogP contribution in [-0.4, -0.2) is 24.0 Å². The second kappa shape index (κ2) is 7.98. The zero-order valence-corrected chi connectivity index (χ0v) is 14.6. The molecule has 0 aliphatic heterocycles. The monoisotopic (exact) mass is 336 g/mol. The molecule has 25 heavy (non-hydrogen) atoms. The Labute approximate surface area is 148 Å². The Bertz CT molecular complexity index is 803. The number of aryl methyl sites for hydroxylation is 1. The molecule has 1 aliphatic carbocycles. The fraction of sp³-hybridized carbons (Fsp3) is 0.450. The van der Waals surface area contributed by atoms with E-state index in [2.05, 4.69) is 21.7 Å². The molecule has 1 fully saturated rings. The third-order valence-electron chi connectivity index (χ3n) is 4.78. The highest BCUT2D eigenvalue weighted by Gasteiger charge is 2.20. The van der Waals surface area contributed by atoms with Crippen molar-refractivity contribution in [2.24, 2.45) is 5.92 Å². The van der Waals surface area contributed by atoms with Gasteiger partial charge in [0.05, 0.1) is 11.1 Å². The molecule has 5 nitrogen and oxygen atoms in total. The summed E-state index contributed by atoms with van der Waals surface area (Å²) < 4.78 is 0. The smallest absolute Gasteiger partial charge is 0.223 e. The topological polar surface area (TPSA) is 77.8 Å². The summed E-state index contributed by atoms with van der Waals surface area (Å²) in [7, 11) is 0. The van der Waals surface area contributed by atoms with Crippen molar-refractivity contribution in [3.8, 4) is 6.07 Å². The summed E-state index contributed by atoms with van der Waals surface area (Å²) in [5.74, 6) is 0.903. The van der Waals surface area contributed by atoms with Crippen molar-refractivity contribution >= 4 is 22.6 Å². The van der Waals surface area contributed by atoms with Crippen LogP contribution < -0.4 is 10.6 Å². The first-order valence-corrected chi connectivity index (χ1v) is 9.00. The van der Waals surface area contributed by atoms with Gasteiger partial charge < -0.3 is 10.6 Å². The van der Waals surface area contributed by atoms with E-state index in [4.69, 9.17) is 0 Å². The van der Waals surface area contributed by atoms with Crippen LogP contribution in [0.3, 0.4) is 0 Å². The van der Waals surface area contributed by atoms with Gasteiger partial charge in [-0.05, 0) is 38.0 Å². The number of anilines is 1. The fourth-order valence-corrected chi connectivity index (χ4v) is 3.39. The third kappa shape index (κ3) is 4.27. The Kier molecular flexibility index (Phi) is 5.49. The lowest BCUT2D eigenvalue weighted by Crippen LogP contribution is -2.35. The molecule has 2 aromatic rings. The zero-order chi connectivity index (χ0) is 17.6. The Morgan fingerprint density at radius 3 is 2.80 bits per heavy atom. The van der Waals surface area contributed by atoms with Crippen LogP contribution in [0.1, 0.15) is 43.2 Å². The van der Waals surface area contributed by atoms with Crippen LogP contribution in [0, 0.1) is 24.2 Å². The molecule has 0 unspecified atom stereocenters. The van der Waals surface area contributed by atoms with Crippen LogP contribution >= 0.6 is 0 Å². The van der Waals surface area contributed by atoms with Gasteiger partial charge in [0.1, 0.15) is 11.9 Å². The van der Waals surface area contributed by atoms with Crippen molar-refractivity contribution in [2.45, 2.75) is 39.0 Å². The minimum atomic E-state index is 0.156. The molecule has 1 heterocycles. The number of nitrogens with one attached hydrogen (secondary N) is 2. The van der Waals surface area contributed by atoms with Crippen molar-refractivity contribution in [3.05, 3.63) is 35.4 Å². The maximum Gasteiger partial charge on any atom is 0.223 e. The lowest BCUT2D eigenvalue weighted by Gasteiger charge is -2.20. The maximum absolute atomic E-state index is 12.1. The average Bonchev–Trinajstić information content (AvgIpc) is 2.65. The molecule has 1 amide bonds. The molecule has 0 bridgehead atoms. The van der Waals surface area contributed by atoms with Gasteiger partial charge in [-0.1, -0.05) is 30.9 Å². The Hall–Kier alpha value is -2.61. The van der Waals surface area contributed by atoms with E-state index in [1.165, 1.54) is 6.42 Å². The first-order valence-electron chi connectivity index (χ1n) is 9.00. The number of fused-ring (bicyclic) bond motifs is 1. The quantitative estimate of drug-likeness (QED) is 0.819. The number of nitriles is 1. The number of rotatable bonds is 5. The van der Waals surface area contributed by atoms with Gasteiger partial charge in [-0.2, -0.15) is 5.26 Å². The largest absolute Gasteiger partial charge is 0.367 e. The van der Waals surface area contributed by atoms with Gasteiger partial charge in [-0.15, -0.1) is 0 Å². The summed E-state index contributed by atoms with van der Waals surface area (Å²) in [5.41, 5.74) is 2.53. The Balaban J connectivity index is 1.58. The third-order valence-corrected chi connectivity index (χ3v) is 4.78. The molecular formula is C20H24N4O.